The van der Waals surface area contributed by atoms with E-state index in [2.05, 4.69) is 0 Å². The Morgan fingerprint density at radius 1 is 1.00 bits per heavy atom. The first kappa shape index (κ1) is 14.1. The second-order valence-electron chi connectivity index (χ2n) is 4.82. The molecule has 0 unspecified atom stereocenters. The number of para-hydroxylation sites is 1. The molecule has 1 aromatic heterocycles. The molecule has 4 nitrogen and oxygen atoms in total. The molecule has 2 aromatic carbocycles. The largest absolute Gasteiger partial charge is 0.461 e. The molecule has 0 spiro atoms. The van der Waals surface area contributed by atoms with E-state index >= 15 is 0 Å². The second-order valence-corrected chi connectivity index (χ2v) is 4.82. The van der Waals surface area contributed by atoms with Gasteiger partial charge in [-0.2, -0.15) is 0 Å². The molecule has 1 heterocycles. The average Bonchev–Trinajstić information content (AvgIpc) is 2.95. The van der Waals surface area contributed by atoms with Crippen LogP contribution in [0.5, 0.6) is 0 Å². The molecular weight excluding hydrogens is 278 g/mol. The summed E-state index contributed by atoms with van der Waals surface area (Å²) >= 11 is 0. The van der Waals surface area contributed by atoms with E-state index in [1.807, 2.05) is 30.3 Å². The molecule has 0 bridgehead atoms. The van der Waals surface area contributed by atoms with Gasteiger partial charge >= 0.3 is 5.97 Å². The van der Waals surface area contributed by atoms with Crippen LogP contribution in [-0.2, 0) is 4.74 Å². The third-order valence-corrected chi connectivity index (χ3v) is 3.42. The van der Waals surface area contributed by atoms with Gasteiger partial charge in [-0.15, -0.1) is 0 Å². The maximum absolute atomic E-state index is 12.8. The van der Waals surface area contributed by atoms with Gasteiger partial charge in [0.1, 0.15) is 5.69 Å². The minimum Gasteiger partial charge on any atom is -0.461 e. The number of rotatable bonds is 3. The van der Waals surface area contributed by atoms with Crippen LogP contribution >= 0.6 is 0 Å². The molecule has 3 rings (SSSR count). The minimum absolute atomic E-state index is 0.246. The molecule has 22 heavy (non-hydrogen) atoms. The van der Waals surface area contributed by atoms with Crippen molar-refractivity contribution >= 4 is 22.8 Å². The SMILES string of the molecule is CCOC(=O)c1cc2ccccc2n1C(=O)c1ccccc1. The third kappa shape index (κ3) is 2.39. The summed E-state index contributed by atoms with van der Waals surface area (Å²) < 4.78 is 6.49. The molecule has 0 aliphatic heterocycles. The maximum Gasteiger partial charge on any atom is 0.355 e. The number of hydrogen-bond donors (Lipinski definition) is 0. The summed E-state index contributed by atoms with van der Waals surface area (Å²) in [5.41, 5.74) is 1.46. The Morgan fingerprint density at radius 2 is 1.68 bits per heavy atom. The molecule has 0 atom stereocenters. The van der Waals surface area contributed by atoms with Gasteiger partial charge in [0.25, 0.3) is 5.91 Å². The molecule has 0 saturated heterocycles. The predicted molar refractivity (Wildman–Crippen MR) is 84.1 cm³/mol. The molecule has 0 N–H and O–H groups in total. The molecule has 0 saturated carbocycles. The van der Waals surface area contributed by atoms with Crippen molar-refractivity contribution in [2.24, 2.45) is 0 Å². The normalized spacial score (nSPS) is 10.6. The van der Waals surface area contributed by atoms with Gasteiger partial charge in [-0.05, 0) is 31.2 Å². The summed E-state index contributed by atoms with van der Waals surface area (Å²) in [6, 6.07) is 18.0. The Bertz CT molecular complexity index is 834. The highest BCUT2D eigenvalue weighted by atomic mass is 16.5. The lowest BCUT2D eigenvalue weighted by Gasteiger charge is -2.08. The van der Waals surface area contributed by atoms with Crippen LogP contribution in [0.3, 0.4) is 0 Å². The van der Waals surface area contributed by atoms with Crippen LogP contribution in [0.1, 0.15) is 27.8 Å². The Hall–Kier alpha value is -2.88. The second kappa shape index (κ2) is 5.85. The fourth-order valence-corrected chi connectivity index (χ4v) is 2.44. The third-order valence-electron chi connectivity index (χ3n) is 3.42. The van der Waals surface area contributed by atoms with Gasteiger partial charge in [-0.3, -0.25) is 9.36 Å². The van der Waals surface area contributed by atoms with Gasteiger partial charge in [-0.1, -0.05) is 36.4 Å². The predicted octanol–water partition coefficient (Wildman–Crippen LogP) is 3.51. The van der Waals surface area contributed by atoms with Crippen LogP contribution in [0.2, 0.25) is 0 Å². The van der Waals surface area contributed by atoms with Gasteiger partial charge in [0, 0.05) is 10.9 Å². The summed E-state index contributed by atoms with van der Waals surface area (Å²) in [7, 11) is 0. The van der Waals surface area contributed by atoms with Crippen LogP contribution in [-0.4, -0.2) is 23.1 Å². The van der Waals surface area contributed by atoms with E-state index in [0.717, 1.165) is 5.39 Å². The van der Waals surface area contributed by atoms with Crippen LogP contribution in [0.25, 0.3) is 10.9 Å². The zero-order valence-electron chi connectivity index (χ0n) is 12.2. The van der Waals surface area contributed by atoms with Crippen LogP contribution in [0, 0.1) is 0 Å². The Morgan fingerprint density at radius 3 is 2.41 bits per heavy atom. The molecule has 0 aliphatic carbocycles. The fraction of sp³-hybridized carbons (Fsp3) is 0.111. The summed E-state index contributed by atoms with van der Waals surface area (Å²) in [4.78, 5) is 25.0. The van der Waals surface area contributed by atoms with Crippen molar-refractivity contribution in [3.05, 3.63) is 71.9 Å². The number of nitrogens with zero attached hydrogens (tertiary/aromatic N) is 1. The summed E-state index contributed by atoms with van der Waals surface area (Å²) in [6.07, 6.45) is 0. The van der Waals surface area contributed by atoms with E-state index in [0.29, 0.717) is 11.1 Å². The summed E-state index contributed by atoms with van der Waals surface area (Å²) in [5, 5.41) is 0.829. The van der Waals surface area contributed by atoms with Gasteiger partial charge < -0.3 is 4.74 Å². The first-order chi connectivity index (χ1) is 10.7. The lowest BCUT2D eigenvalue weighted by Crippen LogP contribution is -2.19. The van der Waals surface area contributed by atoms with E-state index in [1.165, 1.54) is 4.57 Å². The van der Waals surface area contributed by atoms with Crippen molar-refractivity contribution in [1.82, 2.24) is 4.57 Å². The molecule has 0 aliphatic rings. The highest BCUT2D eigenvalue weighted by Crippen LogP contribution is 2.22. The Labute approximate surface area is 127 Å². The Balaban J connectivity index is 2.20. The van der Waals surface area contributed by atoms with E-state index in [-0.39, 0.29) is 18.2 Å². The van der Waals surface area contributed by atoms with E-state index < -0.39 is 5.97 Å². The van der Waals surface area contributed by atoms with E-state index in [9.17, 15) is 9.59 Å². The van der Waals surface area contributed by atoms with E-state index in [1.54, 1.807) is 37.3 Å². The van der Waals surface area contributed by atoms with Crippen LogP contribution in [0.15, 0.2) is 60.7 Å². The first-order valence-corrected chi connectivity index (χ1v) is 7.09. The number of carbonyl (C=O) groups is 2. The van der Waals surface area contributed by atoms with Crippen molar-refractivity contribution < 1.29 is 14.3 Å². The number of carbonyl (C=O) groups excluding carboxylic acids is 2. The van der Waals surface area contributed by atoms with E-state index in [4.69, 9.17) is 4.74 Å². The van der Waals surface area contributed by atoms with Crippen molar-refractivity contribution in [3.63, 3.8) is 0 Å². The van der Waals surface area contributed by atoms with Crippen molar-refractivity contribution in [1.29, 1.82) is 0 Å². The molecule has 110 valence electrons. The highest BCUT2D eigenvalue weighted by molar-refractivity contribution is 6.08. The lowest BCUT2D eigenvalue weighted by molar-refractivity contribution is 0.0510. The van der Waals surface area contributed by atoms with Crippen molar-refractivity contribution in [2.75, 3.05) is 6.61 Å². The standard InChI is InChI=1S/C18H15NO3/c1-2-22-18(21)16-12-14-10-6-7-11-15(14)19(16)17(20)13-8-4-3-5-9-13/h3-12H,2H2,1H3. The number of esters is 1. The average molecular weight is 293 g/mol. The molecule has 0 radical (unpaired) electrons. The lowest BCUT2D eigenvalue weighted by atomic mass is 10.2. The van der Waals surface area contributed by atoms with Crippen LogP contribution in [0.4, 0.5) is 0 Å². The topological polar surface area (TPSA) is 48.3 Å². The molecule has 4 heteroatoms. The first-order valence-electron chi connectivity index (χ1n) is 7.09. The summed E-state index contributed by atoms with van der Waals surface area (Å²) in [5.74, 6) is -0.743. The van der Waals surface area contributed by atoms with Gasteiger partial charge in [0.15, 0.2) is 0 Å². The highest BCUT2D eigenvalue weighted by Gasteiger charge is 2.21. The zero-order chi connectivity index (χ0) is 15.5. The fourth-order valence-electron chi connectivity index (χ4n) is 2.44. The molecule has 0 amide bonds. The number of ether oxygens (including phenoxy) is 1. The molecule has 0 fully saturated rings. The molecular formula is C18H15NO3. The molecule has 3 aromatic rings. The monoisotopic (exact) mass is 293 g/mol. The number of benzene rings is 2. The van der Waals surface area contributed by atoms with Crippen molar-refractivity contribution in [3.8, 4) is 0 Å². The zero-order valence-corrected chi connectivity index (χ0v) is 12.2. The van der Waals surface area contributed by atoms with Gasteiger partial charge in [0.2, 0.25) is 0 Å². The van der Waals surface area contributed by atoms with Crippen LogP contribution < -0.4 is 0 Å². The number of aromatic nitrogens is 1. The number of fused-ring (bicyclic) bond motifs is 1. The minimum atomic E-state index is -0.497. The van der Waals surface area contributed by atoms with Crippen molar-refractivity contribution in [2.45, 2.75) is 6.92 Å². The van der Waals surface area contributed by atoms with Gasteiger partial charge in [-0.25, -0.2) is 4.79 Å². The maximum atomic E-state index is 12.8. The Kier molecular flexibility index (Phi) is 3.74. The van der Waals surface area contributed by atoms with Gasteiger partial charge in [0.05, 0.1) is 12.1 Å². The smallest absolute Gasteiger partial charge is 0.355 e. The number of hydrogen-bond acceptors (Lipinski definition) is 3. The summed E-state index contributed by atoms with van der Waals surface area (Å²) in [6.45, 7) is 2.00. The quantitative estimate of drug-likeness (QED) is 0.694.